The topological polar surface area (TPSA) is 84.3 Å². The number of hydrogen-bond donors (Lipinski definition) is 2. The van der Waals surface area contributed by atoms with Crippen LogP contribution in [0.25, 0.3) is 22.3 Å². The zero-order valence-electron chi connectivity index (χ0n) is 16.2. The van der Waals surface area contributed by atoms with Gasteiger partial charge in [-0.05, 0) is 51.5 Å². The quantitative estimate of drug-likeness (QED) is 0.577. The van der Waals surface area contributed by atoms with Crippen LogP contribution in [0.1, 0.15) is 35.7 Å². The molecule has 0 fully saturated rings. The van der Waals surface area contributed by atoms with E-state index in [0.717, 1.165) is 39.5 Å². The van der Waals surface area contributed by atoms with Crippen LogP contribution in [0.3, 0.4) is 0 Å². The van der Waals surface area contributed by atoms with E-state index < -0.39 is 0 Å². The van der Waals surface area contributed by atoms with Crippen LogP contribution < -0.4 is 5.32 Å². The lowest BCUT2D eigenvalue weighted by atomic mass is 10.1. The van der Waals surface area contributed by atoms with Crippen LogP contribution in [0.5, 0.6) is 0 Å². The van der Waals surface area contributed by atoms with Crippen LogP contribution >= 0.6 is 0 Å². The summed E-state index contributed by atoms with van der Waals surface area (Å²) in [6.07, 6.45) is 1.77. The Bertz CT molecular complexity index is 1120. The van der Waals surface area contributed by atoms with Crippen LogP contribution in [0.2, 0.25) is 0 Å². The van der Waals surface area contributed by atoms with Gasteiger partial charge in [0, 0.05) is 24.5 Å². The molecule has 4 rings (SSSR count). The van der Waals surface area contributed by atoms with E-state index in [1.165, 1.54) is 5.56 Å². The van der Waals surface area contributed by atoms with Crippen molar-refractivity contribution >= 4 is 17.0 Å². The Hall–Kier alpha value is -3.22. The highest BCUT2D eigenvalue weighted by molar-refractivity contribution is 5.76. The van der Waals surface area contributed by atoms with Gasteiger partial charge in [-0.15, -0.1) is 0 Å². The first-order valence-electron chi connectivity index (χ1n) is 8.99. The molecule has 0 radical (unpaired) electrons. The molecule has 4 aromatic rings. The highest BCUT2D eigenvalue weighted by Crippen LogP contribution is 2.26. The highest BCUT2D eigenvalue weighted by Gasteiger charge is 2.16. The fraction of sp³-hybridized carbons (Fsp3) is 0.300. The summed E-state index contributed by atoms with van der Waals surface area (Å²) in [6, 6.07) is 8.06. The van der Waals surface area contributed by atoms with E-state index >= 15 is 0 Å². The van der Waals surface area contributed by atoms with Crippen molar-refractivity contribution in [2.45, 2.75) is 33.7 Å². The highest BCUT2D eigenvalue weighted by atomic mass is 15.3. The number of imidazole rings is 1. The van der Waals surface area contributed by atoms with Crippen LogP contribution in [0, 0.1) is 20.8 Å². The number of aromatic amines is 1. The maximum absolute atomic E-state index is 4.69. The first kappa shape index (κ1) is 17.2. The zero-order valence-corrected chi connectivity index (χ0v) is 16.2. The largest absolute Gasteiger partial charge is 0.345 e. The minimum absolute atomic E-state index is 0.0518. The van der Waals surface area contributed by atoms with Crippen LogP contribution in [0.4, 0.5) is 5.95 Å². The molecule has 27 heavy (non-hydrogen) atoms. The lowest BCUT2D eigenvalue weighted by Crippen LogP contribution is -2.11. The van der Waals surface area contributed by atoms with E-state index in [1.807, 2.05) is 44.6 Å². The average molecular weight is 361 g/mol. The van der Waals surface area contributed by atoms with Gasteiger partial charge in [0.25, 0.3) is 0 Å². The Balaban J connectivity index is 1.62. The second kappa shape index (κ2) is 6.50. The number of hydrogen-bond acceptors (Lipinski definition) is 5. The van der Waals surface area contributed by atoms with Gasteiger partial charge in [-0.1, -0.05) is 6.07 Å². The van der Waals surface area contributed by atoms with Gasteiger partial charge in [-0.3, -0.25) is 4.68 Å². The number of fused-ring (bicyclic) bond motifs is 1. The summed E-state index contributed by atoms with van der Waals surface area (Å²) < 4.78 is 1.87. The van der Waals surface area contributed by atoms with Gasteiger partial charge in [0.2, 0.25) is 5.95 Å². The third kappa shape index (κ3) is 3.16. The number of rotatable bonds is 4. The monoisotopic (exact) mass is 361 g/mol. The maximum atomic E-state index is 4.69. The van der Waals surface area contributed by atoms with E-state index in [-0.39, 0.29) is 6.04 Å². The first-order chi connectivity index (χ1) is 12.9. The molecule has 138 valence electrons. The average Bonchev–Trinajstić information content (AvgIpc) is 3.15. The Morgan fingerprint density at radius 1 is 1.11 bits per heavy atom. The second-order valence-electron chi connectivity index (χ2n) is 6.94. The predicted octanol–water partition coefficient (Wildman–Crippen LogP) is 3.85. The molecule has 3 heterocycles. The molecule has 3 aromatic heterocycles. The molecule has 0 aliphatic rings. The first-order valence-corrected chi connectivity index (χ1v) is 8.99. The molecule has 0 aliphatic heterocycles. The van der Waals surface area contributed by atoms with Gasteiger partial charge in [0.05, 0.1) is 28.5 Å². The van der Waals surface area contributed by atoms with Crippen LogP contribution in [-0.2, 0) is 7.05 Å². The van der Waals surface area contributed by atoms with Crippen molar-refractivity contribution < 1.29 is 0 Å². The van der Waals surface area contributed by atoms with E-state index in [4.69, 9.17) is 4.98 Å². The van der Waals surface area contributed by atoms with Crippen molar-refractivity contribution in [1.29, 1.82) is 0 Å². The molecule has 0 saturated carbocycles. The lowest BCUT2D eigenvalue weighted by molar-refractivity contribution is 0.731. The summed E-state index contributed by atoms with van der Waals surface area (Å²) in [7, 11) is 1.94. The van der Waals surface area contributed by atoms with Gasteiger partial charge in [-0.2, -0.15) is 5.10 Å². The lowest BCUT2D eigenvalue weighted by Gasteiger charge is -2.12. The van der Waals surface area contributed by atoms with Crippen molar-refractivity contribution in [1.82, 2.24) is 29.7 Å². The summed E-state index contributed by atoms with van der Waals surface area (Å²) in [6.45, 7) is 8.16. The zero-order chi connectivity index (χ0) is 19.1. The molecule has 1 aromatic carbocycles. The number of H-pyrrole nitrogens is 1. The van der Waals surface area contributed by atoms with Gasteiger partial charge >= 0.3 is 0 Å². The van der Waals surface area contributed by atoms with Crippen molar-refractivity contribution in [2.24, 2.45) is 7.05 Å². The number of aromatic nitrogens is 6. The molecule has 0 amide bonds. The SMILES string of the molecule is Cc1ccc2nc([C@H](C)Nc3nccc(-c4c(C)nn(C)c4C)n3)[nH]c2c1. The van der Waals surface area contributed by atoms with Crippen molar-refractivity contribution in [3.8, 4) is 11.3 Å². The maximum Gasteiger partial charge on any atom is 0.223 e. The van der Waals surface area contributed by atoms with Gasteiger partial charge in [0.1, 0.15) is 5.82 Å². The smallest absolute Gasteiger partial charge is 0.223 e. The Kier molecular flexibility index (Phi) is 4.14. The minimum Gasteiger partial charge on any atom is -0.345 e. The van der Waals surface area contributed by atoms with Gasteiger partial charge < -0.3 is 10.3 Å². The van der Waals surface area contributed by atoms with Crippen molar-refractivity contribution in [2.75, 3.05) is 5.32 Å². The van der Waals surface area contributed by atoms with E-state index in [2.05, 4.69) is 44.4 Å². The number of aryl methyl sites for hydroxylation is 3. The molecule has 0 saturated heterocycles. The molecule has 2 N–H and O–H groups in total. The van der Waals surface area contributed by atoms with Crippen molar-refractivity contribution in [3.63, 3.8) is 0 Å². The summed E-state index contributed by atoms with van der Waals surface area (Å²) in [5, 5.41) is 7.82. The summed E-state index contributed by atoms with van der Waals surface area (Å²) >= 11 is 0. The molecular formula is C20H23N7. The van der Waals surface area contributed by atoms with E-state index in [1.54, 1.807) is 6.20 Å². The Morgan fingerprint density at radius 3 is 2.67 bits per heavy atom. The van der Waals surface area contributed by atoms with Gasteiger partial charge in [0.15, 0.2) is 0 Å². The third-order valence-corrected chi connectivity index (χ3v) is 4.83. The van der Waals surface area contributed by atoms with Gasteiger partial charge in [-0.25, -0.2) is 15.0 Å². The Morgan fingerprint density at radius 2 is 1.93 bits per heavy atom. The third-order valence-electron chi connectivity index (χ3n) is 4.83. The van der Waals surface area contributed by atoms with Crippen LogP contribution in [0.15, 0.2) is 30.5 Å². The molecule has 7 nitrogen and oxygen atoms in total. The fourth-order valence-electron chi connectivity index (χ4n) is 3.32. The van der Waals surface area contributed by atoms with Crippen molar-refractivity contribution in [3.05, 3.63) is 53.2 Å². The number of nitrogens with one attached hydrogen (secondary N) is 2. The predicted molar refractivity (Wildman–Crippen MR) is 107 cm³/mol. The van der Waals surface area contributed by atoms with E-state index in [9.17, 15) is 0 Å². The molecule has 0 bridgehead atoms. The summed E-state index contributed by atoms with van der Waals surface area (Å²) in [4.78, 5) is 17.1. The number of nitrogens with zero attached hydrogens (tertiary/aromatic N) is 5. The molecular weight excluding hydrogens is 338 g/mol. The molecule has 0 aliphatic carbocycles. The summed E-state index contributed by atoms with van der Waals surface area (Å²) in [5.41, 5.74) is 7.16. The molecule has 0 spiro atoms. The van der Waals surface area contributed by atoms with E-state index in [0.29, 0.717) is 5.95 Å². The molecule has 7 heteroatoms. The standard InChI is InChI=1S/C20H23N7/c1-11-6-7-15-17(10-11)24-19(23-15)13(3)22-20-21-9-8-16(25-20)18-12(2)26-27(5)14(18)4/h6-10,13H,1-5H3,(H,23,24)(H,21,22,25)/t13-/m0/s1. The van der Waals surface area contributed by atoms with Crippen LogP contribution in [-0.4, -0.2) is 29.7 Å². The normalized spacial score (nSPS) is 12.5. The molecule has 1 atom stereocenters. The minimum atomic E-state index is -0.0518. The number of benzene rings is 1. The summed E-state index contributed by atoms with van der Waals surface area (Å²) in [5.74, 6) is 1.43. The number of anilines is 1. The fourth-order valence-corrected chi connectivity index (χ4v) is 3.32. The Labute approximate surface area is 157 Å². The molecule has 0 unspecified atom stereocenters. The second-order valence-corrected chi connectivity index (χ2v) is 6.94.